The Balaban J connectivity index is 2.39. The Bertz CT molecular complexity index is 696. The molecule has 0 radical (unpaired) electrons. The summed E-state index contributed by atoms with van der Waals surface area (Å²) in [6, 6.07) is 11.3. The van der Waals surface area contributed by atoms with E-state index in [9.17, 15) is 4.79 Å². The monoisotopic (exact) mass is 283 g/mol. The lowest BCUT2D eigenvalue weighted by molar-refractivity contribution is 0.100. The first-order chi connectivity index (χ1) is 9.37. The second-order valence-electron chi connectivity index (χ2n) is 5.57. The maximum Gasteiger partial charge on any atom is 0.249 e. The minimum Gasteiger partial charge on any atom is -0.366 e. The summed E-state index contributed by atoms with van der Waals surface area (Å²) in [5.41, 5.74) is 6.81. The van der Waals surface area contributed by atoms with Crippen molar-refractivity contribution in [3.63, 3.8) is 0 Å². The van der Waals surface area contributed by atoms with E-state index in [1.807, 2.05) is 30.3 Å². The van der Waals surface area contributed by atoms with Crippen LogP contribution in [0.5, 0.6) is 0 Å². The zero-order valence-corrected chi connectivity index (χ0v) is 12.7. The van der Waals surface area contributed by atoms with Gasteiger partial charge in [-0.3, -0.25) is 4.79 Å². The molecule has 102 valence electrons. The number of hydrogen-bond acceptors (Lipinski definition) is 2. The van der Waals surface area contributed by atoms with E-state index in [4.69, 9.17) is 5.73 Å². The molecule has 2 aromatic rings. The maximum absolute atomic E-state index is 11.5. The van der Waals surface area contributed by atoms with Crippen molar-refractivity contribution in [2.45, 2.75) is 20.8 Å². The van der Waals surface area contributed by atoms with Gasteiger partial charge in [0.05, 0.1) is 4.88 Å². The van der Waals surface area contributed by atoms with Gasteiger partial charge in [-0.2, -0.15) is 0 Å². The predicted octanol–water partition coefficient (Wildman–Crippen LogP) is 3.91. The van der Waals surface area contributed by atoms with Crippen molar-refractivity contribution in [3.8, 4) is 22.3 Å². The fourth-order valence-corrected chi connectivity index (χ4v) is 2.61. The molecule has 0 unspecified atom stereocenters. The summed E-state index contributed by atoms with van der Waals surface area (Å²) in [5.74, 6) is 5.98. The van der Waals surface area contributed by atoms with Crippen LogP contribution in [0.2, 0.25) is 0 Å². The first kappa shape index (κ1) is 14.4. The standard InChI is InChI=1S/C17H17NOS/c1-17(2,3)11-10-12-8-9-15(20-12)13-6-4-5-7-14(13)16(18)19/h4-9H,1-3H3,(H2,18,19). The van der Waals surface area contributed by atoms with Crippen molar-refractivity contribution in [1.82, 2.24) is 0 Å². The number of benzene rings is 1. The lowest BCUT2D eigenvalue weighted by Crippen LogP contribution is -2.11. The van der Waals surface area contributed by atoms with Gasteiger partial charge in [0.2, 0.25) is 5.91 Å². The zero-order valence-electron chi connectivity index (χ0n) is 11.9. The van der Waals surface area contributed by atoms with Gasteiger partial charge in [0.15, 0.2) is 0 Å². The molecule has 1 aromatic heterocycles. The number of carbonyl (C=O) groups excluding carboxylic acids is 1. The summed E-state index contributed by atoms with van der Waals surface area (Å²) < 4.78 is 0. The van der Waals surface area contributed by atoms with Crippen LogP contribution >= 0.6 is 11.3 Å². The first-order valence-corrected chi connectivity index (χ1v) is 7.21. The third-order valence-corrected chi connectivity index (χ3v) is 3.66. The number of rotatable bonds is 2. The van der Waals surface area contributed by atoms with Crippen LogP contribution in [0, 0.1) is 17.3 Å². The second kappa shape index (κ2) is 5.52. The highest BCUT2D eigenvalue weighted by atomic mass is 32.1. The number of nitrogens with two attached hydrogens (primary N) is 1. The van der Waals surface area contributed by atoms with Crippen LogP contribution in [0.4, 0.5) is 0 Å². The van der Waals surface area contributed by atoms with Gasteiger partial charge in [-0.15, -0.1) is 11.3 Å². The molecular formula is C17H17NOS. The Kier molecular flexibility index (Phi) is 3.96. The van der Waals surface area contributed by atoms with Crippen molar-refractivity contribution < 1.29 is 4.79 Å². The summed E-state index contributed by atoms with van der Waals surface area (Å²) in [4.78, 5) is 13.5. The number of primary amides is 1. The van der Waals surface area contributed by atoms with Crippen LogP contribution < -0.4 is 5.73 Å². The molecule has 1 amide bonds. The van der Waals surface area contributed by atoms with Crippen molar-refractivity contribution in [3.05, 3.63) is 46.8 Å². The quantitative estimate of drug-likeness (QED) is 0.834. The van der Waals surface area contributed by atoms with Gasteiger partial charge < -0.3 is 5.73 Å². The maximum atomic E-state index is 11.5. The largest absolute Gasteiger partial charge is 0.366 e. The smallest absolute Gasteiger partial charge is 0.249 e. The van der Waals surface area contributed by atoms with Gasteiger partial charge in [-0.1, -0.05) is 30.0 Å². The summed E-state index contributed by atoms with van der Waals surface area (Å²) in [6.07, 6.45) is 0. The Morgan fingerprint density at radius 1 is 1.15 bits per heavy atom. The normalized spacial score (nSPS) is 10.8. The van der Waals surface area contributed by atoms with E-state index in [1.54, 1.807) is 17.4 Å². The van der Waals surface area contributed by atoms with Crippen LogP contribution in [0.1, 0.15) is 36.0 Å². The van der Waals surface area contributed by atoms with Gasteiger partial charge in [0.25, 0.3) is 0 Å². The SMILES string of the molecule is CC(C)(C)C#Cc1ccc(-c2ccccc2C(N)=O)s1. The van der Waals surface area contributed by atoms with Crippen molar-refractivity contribution in [2.75, 3.05) is 0 Å². The molecule has 2 N–H and O–H groups in total. The predicted molar refractivity (Wildman–Crippen MR) is 84.6 cm³/mol. The number of hydrogen-bond donors (Lipinski definition) is 1. The van der Waals surface area contributed by atoms with Crippen molar-refractivity contribution >= 4 is 17.2 Å². The molecule has 1 heterocycles. The Morgan fingerprint density at radius 2 is 1.85 bits per heavy atom. The van der Waals surface area contributed by atoms with Gasteiger partial charge in [0, 0.05) is 21.4 Å². The van der Waals surface area contributed by atoms with Crippen LogP contribution in [0.15, 0.2) is 36.4 Å². The molecule has 0 aliphatic carbocycles. The summed E-state index contributed by atoms with van der Waals surface area (Å²) in [6.45, 7) is 6.24. The topological polar surface area (TPSA) is 43.1 Å². The Morgan fingerprint density at radius 3 is 2.50 bits per heavy atom. The average molecular weight is 283 g/mol. The fraction of sp³-hybridized carbons (Fsp3) is 0.235. The molecular weight excluding hydrogens is 266 g/mol. The van der Waals surface area contributed by atoms with Crippen molar-refractivity contribution in [2.24, 2.45) is 11.1 Å². The van der Waals surface area contributed by atoms with E-state index in [2.05, 4.69) is 32.6 Å². The van der Waals surface area contributed by atoms with Crippen molar-refractivity contribution in [1.29, 1.82) is 0 Å². The minimum atomic E-state index is -0.406. The third kappa shape index (κ3) is 3.49. The Hall–Kier alpha value is -2.05. The van der Waals surface area contributed by atoms with Crippen LogP contribution in [-0.4, -0.2) is 5.91 Å². The summed E-state index contributed by atoms with van der Waals surface area (Å²) >= 11 is 1.58. The van der Waals surface area contributed by atoms with Crippen LogP contribution in [0.3, 0.4) is 0 Å². The molecule has 0 saturated heterocycles. The van der Waals surface area contributed by atoms with Gasteiger partial charge >= 0.3 is 0 Å². The molecule has 0 atom stereocenters. The van der Waals surface area contributed by atoms with E-state index < -0.39 is 5.91 Å². The lowest BCUT2D eigenvalue weighted by Gasteiger charge is -2.06. The molecule has 2 nitrogen and oxygen atoms in total. The van der Waals surface area contributed by atoms with E-state index >= 15 is 0 Å². The molecule has 0 bridgehead atoms. The van der Waals surface area contributed by atoms with Gasteiger partial charge in [0.1, 0.15) is 0 Å². The molecule has 0 fully saturated rings. The van der Waals surface area contributed by atoms with E-state index in [-0.39, 0.29) is 5.41 Å². The molecule has 20 heavy (non-hydrogen) atoms. The molecule has 0 spiro atoms. The number of amides is 1. The summed E-state index contributed by atoms with van der Waals surface area (Å²) in [7, 11) is 0. The third-order valence-electron chi connectivity index (χ3n) is 2.62. The number of carbonyl (C=O) groups is 1. The minimum absolute atomic E-state index is 0.0186. The zero-order chi connectivity index (χ0) is 14.8. The second-order valence-corrected chi connectivity index (χ2v) is 6.66. The summed E-state index contributed by atoms with van der Waals surface area (Å²) in [5, 5.41) is 0. The highest BCUT2D eigenvalue weighted by Crippen LogP contribution is 2.30. The number of thiophene rings is 1. The van der Waals surface area contributed by atoms with Crippen LogP contribution in [-0.2, 0) is 0 Å². The molecule has 0 aliphatic rings. The molecule has 2 rings (SSSR count). The van der Waals surface area contributed by atoms with E-state index in [1.165, 1.54) is 0 Å². The first-order valence-electron chi connectivity index (χ1n) is 6.39. The molecule has 1 aromatic carbocycles. The highest BCUT2D eigenvalue weighted by Gasteiger charge is 2.11. The lowest BCUT2D eigenvalue weighted by atomic mass is 9.98. The van der Waals surface area contributed by atoms with E-state index in [0.29, 0.717) is 5.56 Å². The highest BCUT2D eigenvalue weighted by molar-refractivity contribution is 7.16. The molecule has 3 heteroatoms. The van der Waals surface area contributed by atoms with Crippen LogP contribution in [0.25, 0.3) is 10.4 Å². The average Bonchev–Trinajstić information content (AvgIpc) is 2.84. The van der Waals surface area contributed by atoms with Gasteiger partial charge in [-0.25, -0.2) is 0 Å². The Labute approximate surface area is 123 Å². The molecule has 0 saturated carbocycles. The van der Waals surface area contributed by atoms with E-state index in [0.717, 1.165) is 15.3 Å². The fourth-order valence-electron chi connectivity index (χ4n) is 1.71. The molecule has 0 aliphatic heterocycles. The van der Waals surface area contributed by atoms with Gasteiger partial charge in [-0.05, 0) is 39.0 Å².